The third-order valence-electron chi connectivity index (χ3n) is 1.39. The Bertz CT molecular complexity index is 271. The van der Waals surface area contributed by atoms with Crippen LogP contribution in [0.2, 0.25) is 0 Å². The summed E-state index contributed by atoms with van der Waals surface area (Å²) < 4.78 is 0.991. The molecule has 64 valence electrons. The molecule has 0 aromatic carbocycles. The van der Waals surface area contributed by atoms with E-state index in [1.807, 2.05) is 12.3 Å². The van der Waals surface area contributed by atoms with Gasteiger partial charge in [0, 0.05) is 35.2 Å². The van der Waals surface area contributed by atoms with E-state index in [1.54, 1.807) is 12.4 Å². The average Bonchev–Trinajstić information content (AvgIpc) is 2.09. The van der Waals surface area contributed by atoms with Crippen molar-refractivity contribution < 1.29 is 0 Å². The molecule has 0 N–H and O–H groups in total. The van der Waals surface area contributed by atoms with E-state index in [0.717, 1.165) is 23.0 Å². The van der Waals surface area contributed by atoms with Crippen LogP contribution < -0.4 is 0 Å². The summed E-state index contributed by atoms with van der Waals surface area (Å²) in [5, 5.41) is 0. The van der Waals surface area contributed by atoms with Gasteiger partial charge < -0.3 is 0 Å². The predicted molar refractivity (Wildman–Crippen MR) is 54.7 cm³/mol. The molecule has 0 aliphatic carbocycles. The van der Waals surface area contributed by atoms with E-state index in [4.69, 9.17) is 0 Å². The molecule has 1 aromatic rings. The van der Waals surface area contributed by atoms with Gasteiger partial charge >= 0.3 is 0 Å². The maximum Gasteiger partial charge on any atom is 0.0446 e. The van der Waals surface area contributed by atoms with Crippen molar-refractivity contribution in [1.29, 1.82) is 0 Å². The zero-order valence-corrected chi connectivity index (χ0v) is 8.58. The molecule has 0 unspecified atom stereocenters. The van der Waals surface area contributed by atoms with E-state index in [1.165, 1.54) is 0 Å². The Morgan fingerprint density at radius 2 is 2.50 bits per heavy atom. The van der Waals surface area contributed by atoms with Crippen LogP contribution in [0.3, 0.4) is 0 Å². The van der Waals surface area contributed by atoms with Gasteiger partial charge in [0.25, 0.3) is 0 Å². The van der Waals surface area contributed by atoms with E-state index in [9.17, 15) is 0 Å². The second kappa shape index (κ2) is 5.04. The average molecular weight is 227 g/mol. The fourth-order valence-corrected chi connectivity index (χ4v) is 1.14. The number of aliphatic imine (C=N–C) groups is 1. The minimum atomic E-state index is 0.884. The van der Waals surface area contributed by atoms with E-state index < -0.39 is 0 Å². The number of rotatable bonds is 3. The molecule has 1 rings (SSSR count). The highest BCUT2D eigenvalue weighted by Crippen LogP contribution is 2.11. The number of hydrogen-bond donors (Lipinski definition) is 0. The first kappa shape index (κ1) is 9.39. The molecule has 0 aliphatic heterocycles. The van der Waals surface area contributed by atoms with Crippen LogP contribution in [0.25, 0.3) is 0 Å². The minimum Gasteiger partial charge on any atom is -0.293 e. The summed E-state index contributed by atoms with van der Waals surface area (Å²) in [5.74, 6) is 0. The standard InChI is InChI=1S/C9H11BrN2/c1-2-4-11-6-8-3-5-12-7-9(8)10/h3,5-7H,2,4H2,1H3. The highest BCUT2D eigenvalue weighted by Gasteiger charge is 1.92. The molecular formula is C9H11BrN2. The summed E-state index contributed by atoms with van der Waals surface area (Å²) in [6, 6.07) is 1.93. The molecule has 1 aromatic heterocycles. The first-order valence-electron chi connectivity index (χ1n) is 3.94. The molecule has 0 amide bonds. The van der Waals surface area contributed by atoms with Crippen LogP contribution in [0.4, 0.5) is 0 Å². The molecule has 0 aliphatic rings. The van der Waals surface area contributed by atoms with E-state index >= 15 is 0 Å². The van der Waals surface area contributed by atoms with Crippen LogP contribution in [0.5, 0.6) is 0 Å². The Labute approximate surface area is 80.9 Å². The molecule has 0 saturated carbocycles. The second-order valence-electron chi connectivity index (χ2n) is 2.43. The molecule has 0 saturated heterocycles. The minimum absolute atomic E-state index is 0.884. The molecule has 0 spiro atoms. The van der Waals surface area contributed by atoms with Crippen LogP contribution >= 0.6 is 15.9 Å². The fourth-order valence-electron chi connectivity index (χ4n) is 0.783. The third-order valence-corrected chi connectivity index (χ3v) is 2.05. The van der Waals surface area contributed by atoms with Crippen molar-refractivity contribution in [1.82, 2.24) is 4.98 Å². The van der Waals surface area contributed by atoms with E-state index in [-0.39, 0.29) is 0 Å². The van der Waals surface area contributed by atoms with Crippen LogP contribution in [0, 0.1) is 0 Å². The summed E-state index contributed by atoms with van der Waals surface area (Å²) in [5.41, 5.74) is 1.08. The van der Waals surface area contributed by atoms with Gasteiger partial charge in [-0.2, -0.15) is 0 Å². The Morgan fingerprint density at radius 3 is 3.17 bits per heavy atom. The van der Waals surface area contributed by atoms with E-state index in [2.05, 4.69) is 32.8 Å². The molecule has 2 nitrogen and oxygen atoms in total. The van der Waals surface area contributed by atoms with Gasteiger partial charge in [0.1, 0.15) is 0 Å². The summed E-state index contributed by atoms with van der Waals surface area (Å²) in [7, 11) is 0. The van der Waals surface area contributed by atoms with Crippen molar-refractivity contribution in [3.8, 4) is 0 Å². The van der Waals surface area contributed by atoms with Gasteiger partial charge in [-0.15, -0.1) is 0 Å². The van der Waals surface area contributed by atoms with Gasteiger partial charge in [-0.25, -0.2) is 0 Å². The fraction of sp³-hybridized carbons (Fsp3) is 0.333. The van der Waals surface area contributed by atoms with Crippen molar-refractivity contribution in [3.05, 3.63) is 28.5 Å². The molecule has 0 atom stereocenters. The summed E-state index contributed by atoms with van der Waals surface area (Å²) >= 11 is 3.39. The van der Waals surface area contributed by atoms with Gasteiger partial charge in [-0.1, -0.05) is 6.92 Å². The molecule has 3 heteroatoms. The molecule has 1 heterocycles. The van der Waals surface area contributed by atoms with Gasteiger partial charge in [-0.05, 0) is 28.4 Å². The first-order valence-corrected chi connectivity index (χ1v) is 4.73. The normalized spacial score (nSPS) is 10.8. The van der Waals surface area contributed by atoms with Crippen LogP contribution in [-0.4, -0.2) is 17.7 Å². The first-order chi connectivity index (χ1) is 5.84. The summed E-state index contributed by atoms with van der Waals surface area (Å²) in [6.45, 7) is 2.99. The Morgan fingerprint density at radius 1 is 1.67 bits per heavy atom. The van der Waals surface area contributed by atoms with Gasteiger partial charge in [-0.3, -0.25) is 9.98 Å². The lowest BCUT2D eigenvalue weighted by molar-refractivity contribution is 0.937. The molecule has 0 fully saturated rings. The number of aromatic nitrogens is 1. The Kier molecular flexibility index (Phi) is 3.94. The van der Waals surface area contributed by atoms with Crippen LogP contribution in [0.1, 0.15) is 18.9 Å². The molecule has 0 radical (unpaired) electrons. The zero-order chi connectivity index (χ0) is 8.81. The highest BCUT2D eigenvalue weighted by atomic mass is 79.9. The Hall–Kier alpha value is -0.700. The maximum absolute atomic E-state index is 4.24. The maximum atomic E-state index is 4.24. The van der Waals surface area contributed by atoms with Crippen molar-refractivity contribution in [2.24, 2.45) is 4.99 Å². The number of halogens is 1. The summed E-state index contributed by atoms with van der Waals surface area (Å²) in [4.78, 5) is 8.20. The monoisotopic (exact) mass is 226 g/mol. The zero-order valence-electron chi connectivity index (χ0n) is 7.00. The molecular weight excluding hydrogens is 216 g/mol. The van der Waals surface area contributed by atoms with Gasteiger partial charge in [0.05, 0.1) is 0 Å². The summed E-state index contributed by atoms with van der Waals surface area (Å²) in [6.07, 6.45) is 6.49. The Balaban J connectivity index is 2.68. The number of pyridine rings is 1. The number of nitrogens with zero attached hydrogens (tertiary/aromatic N) is 2. The van der Waals surface area contributed by atoms with Gasteiger partial charge in [0.15, 0.2) is 0 Å². The second-order valence-corrected chi connectivity index (χ2v) is 3.29. The topological polar surface area (TPSA) is 25.2 Å². The smallest absolute Gasteiger partial charge is 0.0446 e. The van der Waals surface area contributed by atoms with Crippen molar-refractivity contribution in [3.63, 3.8) is 0 Å². The molecule has 0 bridgehead atoms. The largest absolute Gasteiger partial charge is 0.293 e. The van der Waals surface area contributed by atoms with E-state index in [0.29, 0.717) is 0 Å². The lowest BCUT2D eigenvalue weighted by Crippen LogP contribution is -1.85. The lowest BCUT2D eigenvalue weighted by Gasteiger charge is -1.94. The lowest BCUT2D eigenvalue weighted by atomic mass is 10.3. The number of hydrogen-bond acceptors (Lipinski definition) is 2. The SMILES string of the molecule is CCCN=Cc1ccncc1Br. The third kappa shape index (κ3) is 2.74. The molecule has 12 heavy (non-hydrogen) atoms. The van der Waals surface area contributed by atoms with Gasteiger partial charge in [0.2, 0.25) is 0 Å². The van der Waals surface area contributed by atoms with Crippen molar-refractivity contribution in [2.45, 2.75) is 13.3 Å². The van der Waals surface area contributed by atoms with Crippen LogP contribution in [-0.2, 0) is 0 Å². The predicted octanol–water partition coefficient (Wildman–Crippen LogP) is 2.67. The highest BCUT2D eigenvalue weighted by molar-refractivity contribution is 9.10. The van der Waals surface area contributed by atoms with Crippen molar-refractivity contribution in [2.75, 3.05) is 6.54 Å². The van der Waals surface area contributed by atoms with Crippen molar-refractivity contribution >= 4 is 22.1 Å². The quantitative estimate of drug-likeness (QED) is 0.728. The van der Waals surface area contributed by atoms with Crippen LogP contribution in [0.15, 0.2) is 27.9 Å².